The van der Waals surface area contributed by atoms with Gasteiger partial charge in [0.05, 0.1) is 19.6 Å². The van der Waals surface area contributed by atoms with Crippen molar-refractivity contribution < 1.29 is 9.47 Å². The number of unbranched alkanes of at least 4 members (excludes halogenated alkanes) is 5. The maximum atomic E-state index is 6.27. The number of methoxy groups -OCH3 is 1. The highest BCUT2D eigenvalue weighted by Crippen LogP contribution is 2.33. The first kappa shape index (κ1) is 28.5. The van der Waals surface area contributed by atoms with Gasteiger partial charge in [-0.25, -0.2) is 0 Å². The van der Waals surface area contributed by atoms with Crippen LogP contribution in [0, 0.1) is 11.8 Å². The number of hydrogen-bond acceptors (Lipinski definition) is 3. The molecule has 1 atom stereocenters. The van der Waals surface area contributed by atoms with Crippen LogP contribution in [-0.4, -0.2) is 19.5 Å². The molecule has 0 aliphatic heterocycles. The third-order valence-corrected chi connectivity index (χ3v) is 7.23. The van der Waals surface area contributed by atoms with Crippen molar-refractivity contribution in [2.45, 2.75) is 104 Å². The van der Waals surface area contributed by atoms with E-state index in [1.54, 1.807) is 7.11 Å². The van der Waals surface area contributed by atoms with Crippen molar-refractivity contribution in [1.29, 1.82) is 0 Å². The molecule has 0 aromatic heterocycles. The molecule has 1 aromatic rings. The quantitative estimate of drug-likeness (QED) is 0.148. The Balaban J connectivity index is 2.54. The van der Waals surface area contributed by atoms with Gasteiger partial charge in [-0.15, -0.1) is 11.6 Å². The minimum Gasteiger partial charge on any atom is -0.496 e. The van der Waals surface area contributed by atoms with Crippen molar-refractivity contribution in [3.8, 4) is 11.5 Å². The Bertz CT molecular complexity index is 577. The maximum absolute atomic E-state index is 6.27. The van der Waals surface area contributed by atoms with E-state index in [9.17, 15) is 0 Å². The van der Waals surface area contributed by atoms with Crippen molar-refractivity contribution in [2.24, 2.45) is 11.8 Å². The third kappa shape index (κ3) is 12.9. The second-order valence-electron chi connectivity index (χ2n) is 9.29. The van der Waals surface area contributed by atoms with Crippen LogP contribution in [0.25, 0.3) is 0 Å². The standard InChI is InChI=1S/C27H47ClO2S/c1-6-7-8-9-10-11-17-31-21-25-19-26(29-5)24(20-28)18-27(25)30-16-15-23(4)14-12-13-22(2)3/h18-19,22-23H,6-17,20-21H2,1-5H3. The van der Waals surface area contributed by atoms with Gasteiger partial charge in [-0.2, -0.15) is 11.8 Å². The smallest absolute Gasteiger partial charge is 0.123 e. The summed E-state index contributed by atoms with van der Waals surface area (Å²) in [6.45, 7) is 9.99. The summed E-state index contributed by atoms with van der Waals surface area (Å²) in [7, 11) is 1.72. The first-order chi connectivity index (χ1) is 15.0. The van der Waals surface area contributed by atoms with E-state index in [2.05, 4.69) is 39.8 Å². The van der Waals surface area contributed by atoms with E-state index in [1.807, 2.05) is 11.8 Å². The van der Waals surface area contributed by atoms with E-state index in [0.29, 0.717) is 11.8 Å². The molecule has 1 rings (SSSR count). The van der Waals surface area contributed by atoms with Gasteiger partial charge in [0, 0.05) is 16.9 Å². The van der Waals surface area contributed by atoms with Crippen LogP contribution in [0.3, 0.4) is 0 Å². The van der Waals surface area contributed by atoms with E-state index in [1.165, 1.54) is 69.1 Å². The molecule has 0 fully saturated rings. The molecule has 1 aromatic carbocycles. The Labute approximate surface area is 202 Å². The van der Waals surface area contributed by atoms with Gasteiger partial charge in [-0.05, 0) is 42.6 Å². The molecule has 31 heavy (non-hydrogen) atoms. The molecule has 0 N–H and O–H groups in total. The second kappa shape index (κ2) is 18.0. The molecule has 0 aliphatic rings. The number of benzene rings is 1. The zero-order valence-corrected chi connectivity index (χ0v) is 22.4. The molecule has 2 nitrogen and oxygen atoms in total. The molecule has 180 valence electrons. The highest BCUT2D eigenvalue weighted by molar-refractivity contribution is 7.98. The molecule has 1 unspecified atom stereocenters. The van der Waals surface area contributed by atoms with Crippen LogP contribution >= 0.6 is 23.4 Å². The van der Waals surface area contributed by atoms with Crippen LogP contribution in [0.4, 0.5) is 0 Å². The lowest BCUT2D eigenvalue weighted by atomic mass is 9.98. The molecule has 0 radical (unpaired) electrons. The monoisotopic (exact) mass is 470 g/mol. The molecule has 4 heteroatoms. The van der Waals surface area contributed by atoms with Crippen LogP contribution in [0.1, 0.15) is 103 Å². The van der Waals surface area contributed by atoms with Gasteiger partial charge in [-0.1, -0.05) is 79.1 Å². The lowest BCUT2D eigenvalue weighted by molar-refractivity contribution is 0.273. The summed E-state index contributed by atoms with van der Waals surface area (Å²) in [5.41, 5.74) is 2.24. The molecule has 0 saturated heterocycles. The molecule has 0 spiro atoms. The van der Waals surface area contributed by atoms with E-state index >= 15 is 0 Å². The molecule has 0 heterocycles. The van der Waals surface area contributed by atoms with Gasteiger partial charge in [0.25, 0.3) is 0 Å². The molecule has 0 bridgehead atoms. The normalized spacial score (nSPS) is 12.4. The summed E-state index contributed by atoms with van der Waals surface area (Å²) >= 11 is 8.16. The van der Waals surface area contributed by atoms with Crippen molar-refractivity contribution in [2.75, 3.05) is 19.5 Å². The third-order valence-electron chi connectivity index (χ3n) is 5.85. The van der Waals surface area contributed by atoms with Crippen molar-refractivity contribution in [3.63, 3.8) is 0 Å². The lowest BCUT2D eigenvalue weighted by Gasteiger charge is -2.17. The Morgan fingerprint density at radius 3 is 2.26 bits per heavy atom. The maximum Gasteiger partial charge on any atom is 0.123 e. The molecular weight excluding hydrogens is 424 g/mol. The van der Waals surface area contributed by atoms with Crippen LogP contribution in [0.2, 0.25) is 0 Å². The summed E-state index contributed by atoms with van der Waals surface area (Å²) in [4.78, 5) is 0. The van der Waals surface area contributed by atoms with Crippen LogP contribution in [0.5, 0.6) is 11.5 Å². The Morgan fingerprint density at radius 1 is 0.871 bits per heavy atom. The summed E-state index contributed by atoms with van der Waals surface area (Å²) in [6.07, 6.45) is 13.1. The SMILES string of the molecule is CCCCCCCCSCc1cc(OC)c(CCl)cc1OCCC(C)CCCC(C)C. The van der Waals surface area contributed by atoms with Gasteiger partial charge < -0.3 is 9.47 Å². The Hall–Kier alpha value is -0.540. The average molecular weight is 471 g/mol. The molecular formula is C27H47ClO2S. The van der Waals surface area contributed by atoms with E-state index in [-0.39, 0.29) is 0 Å². The number of thioether (sulfide) groups is 1. The molecule has 0 amide bonds. The van der Waals surface area contributed by atoms with E-state index in [4.69, 9.17) is 21.1 Å². The van der Waals surface area contributed by atoms with Gasteiger partial charge in [0.1, 0.15) is 11.5 Å². The zero-order chi connectivity index (χ0) is 22.9. The highest BCUT2D eigenvalue weighted by atomic mass is 35.5. The first-order valence-corrected chi connectivity index (χ1v) is 14.2. The summed E-state index contributed by atoms with van der Waals surface area (Å²) in [5.74, 6) is 5.98. The van der Waals surface area contributed by atoms with Gasteiger partial charge >= 0.3 is 0 Å². The van der Waals surface area contributed by atoms with Gasteiger partial charge in [0.2, 0.25) is 0 Å². The molecule has 0 aliphatic carbocycles. The second-order valence-corrected chi connectivity index (χ2v) is 10.7. The van der Waals surface area contributed by atoms with Gasteiger partial charge in [0.15, 0.2) is 0 Å². The molecule has 0 saturated carbocycles. The predicted octanol–water partition coefficient (Wildman–Crippen LogP) is 9.26. The Morgan fingerprint density at radius 2 is 1.58 bits per heavy atom. The minimum absolute atomic E-state index is 0.441. The van der Waals surface area contributed by atoms with Crippen LogP contribution in [-0.2, 0) is 11.6 Å². The summed E-state index contributed by atoms with van der Waals surface area (Å²) < 4.78 is 11.8. The predicted molar refractivity (Wildman–Crippen MR) is 140 cm³/mol. The van der Waals surface area contributed by atoms with Crippen molar-refractivity contribution in [1.82, 2.24) is 0 Å². The van der Waals surface area contributed by atoms with Crippen LogP contribution < -0.4 is 9.47 Å². The zero-order valence-electron chi connectivity index (χ0n) is 20.8. The fourth-order valence-electron chi connectivity index (χ4n) is 3.74. The van der Waals surface area contributed by atoms with E-state index in [0.717, 1.165) is 41.8 Å². The van der Waals surface area contributed by atoms with Crippen molar-refractivity contribution in [3.05, 3.63) is 23.3 Å². The Kier molecular flexibility index (Phi) is 16.5. The fraction of sp³-hybridized carbons (Fsp3) is 0.778. The summed E-state index contributed by atoms with van der Waals surface area (Å²) in [6, 6.07) is 4.23. The van der Waals surface area contributed by atoms with Crippen molar-refractivity contribution >= 4 is 23.4 Å². The van der Waals surface area contributed by atoms with Crippen LogP contribution in [0.15, 0.2) is 12.1 Å². The van der Waals surface area contributed by atoms with E-state index < -0.39 is 0 Å². The highest BCUT2D eigenvalue weighted by Gasteiger charge is 2.12. The summed E-state index contributed by atoms with van der Waals surface area (Å²) in [5, 5.41) is 0. The largest absolute Gasteiger partial charge is 0.496 e. The van der Waals surface area contributed by atoms with Gasteiger partial charge in [-0.3, -0.25) is 0 Å². The lowest BCUT2D eigenvalue weighted by Crippen LogP contribution is -2.07. The average Bonchev–Trinajstić information content (AvgIpc) is 2.75. The fourth-order valence-corrected chi connectivity index (χ4v) is 4.95. The topological polar surface area (TPSA) is 18.5 Å². The number of ether oxygens (including phenoxy) is 2. The number of alkyl halides is 1. The minimum atomic E-state index is 0.441. The number of halogens is 1. The number of hydrogen-bond donors (Lipinski definition) is 0. The first-order valence-electron chi connectivity index (χ1n) is 12.5. The number of rotatable bonds is 19.